The van der Waals surface area contributed by atoms with E-state index in [9.17, 15) is 10.1 Å². The fraction of sp³-hybridized carbons (Fsp3) is 0.200. The highest BCUT2D eigenvalue weighted by Gasteiger charge is 2.26. The third kappa shape index (κ3) is 3.88. The second-order valence-electron chi connectivity index (χ2n) is 6.49. The number of para-hydroxylation sites is 1. The molecule has 0 bridgehead atoms. The summed E-state index contributed by atoms with van der Waals surface area (Å²) in [7, 11) is 0. The Morgan fingerprint density at radius 2 is 1.93 bits per heavy atom. The highest BCUT2D eigenvalue weighted by Crippen LogP contribution is 2.31. The number of rotatable bonds is 8. The highest BCUT2D eigenvalue weighted by atomic mass is 16.6. The molecule has 0 unspecified atom stereocenters. The molecule has 4 aromatic rings. The van der Waals surface area contributed by atoms with Gasteiger partial charge in [-0.15, -0.1) is 5.10 Å². The largest absolute Gasteiger partial charge is 0.494 e. The van der Waals surface area contributed by atoms with Crippen molar-refractivity contribution in [3.8, 4) is 11.6 Å². The molecule has 4 rings (SSSR count). The van der Waals surface area contributed by atoms with Crippen LogP contribution >= 0.6 is 0 Å². The Morgan fingerprint density at radius 3 is 2.70 bits per heavy atom. The molecular weight excluding hydrogens is 386 g/mol. The molecule has 30 heavy (non-hydrogen) atoms. The van der Waals surface area contributed by atoms with Crippen molar-refractivity contribution >= 4 is 28.2 Å². The van der Waals surface area contributed by atoms with Crippen LogP contribution in [0.5, 0.6) is 5.75 Å². The van der Waals surface area contributed by atoms with Crippen LogP contribution < -0.4 is 10.1 Å². The molecular formula is C20H19N7O3. The number of hydrogen-bond acceptors (Lipinski definition) is 8. The molecule has 0 aliphatic rings. The maximum Gasteiger partial charge on any atom is 0.356 e. The zero-order valence-electron chi connectivity index (χ0n) is 16.2. The summed E-state index contributed by atoms with van der Waals surface area (Å²) >= 11 is 0. The number of hydrogen-bond donors (Lipinski definition) is 1. The van der Waals surface area contributed by atoms with E-state index < -0.39 is 4.92 Å². The van der Waals surface area contributed by atoms with E-state index in [1.54, 1.807) is 42.5 Å². The van der Waals surface area contributed by atoms with Crippen LogP contribution in [0.4, 0.5) is 17.2 Å². The molecule has 0 amide bonds. The number of aromatic nitrogens is 5. The summed E-state index contributed by atoms with van der Waals surface area (Å²) < 4.78 is 6.98. The summed E-state index contributed by atoms with van der Waals surface area (Å²) in [5.41, 5.74) is 1.56. The Hall–Kier alpha value is -4.08. The first-order valence-corrected chi connectivity index (χ1v) is 9.47. The van der Waals surface area contributed by atoms with Crippen molar-refractivity contribution in [2.45, 2.75) is 19.8 Å². The molecule has 2 aromatic carbocycles. The molecule has 0 saturated carbocycles. The maximum atomic E-state index is 11.9. The average molecular weight is 405 g/mol. The molecule has 152 valence electrons. The van der Waals surface area contributed by atoms with E-state index in [4.69, 9.17) is 4.74 Å². The molecule has 0 fully saturated rings. The van der Waals surface area contributed by atoms with E-state index in [1.165, 1.54) is 11.0 Å². The molecule has 2 aromatic heterocycles. The van der Waals surface area contributed by atoms with Crippen molar-refractivity contribution in [1.82, 2.24) is 25.0 Å². The van der Waals surface area contributed by atoms with Crippen molar-refractivity contribution < 1.29 is 9.66 Å². The third-order valence-electron chi connectivity index (χ3n) is 4.42. The molecule has 0 aliphatic heterocycles. The van der Waals surface area contributed by atoms with Gasteiger partial charge in [-0.25, -0.2) is 9.97 Å². The van der Waals surface area contributed by atoms with Gasteiger partial charge in [-0.2, -0.15) is 4.68 Å². The Kier molecular flexibility index (Phi) is 5.46. The molecule has 0 atom stereocenters. The smallest absolute Gasteiger partial charge is 0.356 e. The fourth-order valence-electron chi connectivity index (χ4n) is 2.92. The zero-order valence-corrected chi connectivity index (χ0v) is 16.2. The van der Waals surface area contributed by atoms with Crippen LogP contribution in [0.25, 0.3) is 16.9 Å². The quantitative estimate of drug-likeness (QED) is 0.265. The van der Waals surface area contributed by atoms with E-state index in [2.05, 4.69) is 32.5 Å². The van der Waals surface area contributed by atoms with Gasteiger partial charge < -0.3 is 10.1 Å². The lowest BCUT2D eigenvalue weighted by molar-refractivity contribution is -0.384. The molecule has 0 spiro atoms. The number of nitrogens with zero attached hydrogens (tertiary/aromatic N) is 6. The maximum absolute atomic E-state index is 11.9. The lowest BCUT2D eigenvalue weighted by Gasteiger charge is -2.10. The second-order valence-corrected chi connectivity index (χ2v) is 6.49. The molecule has 0 aliphatic carbocycles. The van der Waals surface area contributed by atoms with Crippen LogP contribution in [0.2, 0.25) is 0 Å². The molecule has 0 radical (unpaired) electrons. The van der Waals surface area contributed by atoms with Crippen molar-refractivity contribution in [3.05, 3.63) is 65.0 Å². The third-order valence-corrected chi connectivity index (χ3v) is 4.42. The first-order valence-electron chi connectivity index (χ1n) is 9.47. The first kappa shape index (κ1) is 19.2. The summed E-state index contributed by atoms with van der Waals surface area (Å²) in [6, 6.07) is 14.3. The van der Waals surface area contributed by atoms with Crippen molar-refractivity contribution in [1.29, 1.82) is 0 Å². The van der Waals surface area contributed by atoms with Gasteiger partial charge >= 0.3 is 5.69 Å². The fourth-order valence-corrected chi connectivity index (χ4v) is 2.92. The Bertz CT molecular complexity index is 1170. The van der Waals surface area contributed by atoms with Gasteiger partial charge in [0.25, 0.3) is 0 Å². The number of nitrogens with one attached hydrogen (secondary N) is 1. The standard InChI is InChI=1S/C20H19N7O3/c1-2-3-12-30-15-10-8-14(9-11-15)23-19-18(27(28)29)20(22-13-21-19)26-17-7-5-4-6-16(17)24-25-26/h4-11,13H,2-3,12H2,1H3,(H,21,22,23). The molecule has 2 heterocycles. The number of unbranched alkanes of at least 4 members (excludes halogenated alkanes) is 1. The van der Waals surface area contributed by atoms with Crippen molar-refractivity contribution in [3.63, 3.8) is 0 Å². The van der Waals surface area contributed by atoms with Gasteiger partial charge in [0.05, 0.1) is 17.0 Å². The van der Waals surface area contributed by atoms with Gasteiger partial charge in [-0.1, -0.05) is 30.7 Å². The second kappa shape index (κ2) is 8.52. The highest BCUT2D eigenvalue weighted by molar-refractivity contribution is 5.78. The molecule has 0 saturated heterocycles. The zero-order chi connectivity index (χ0) is 20.9. The number of ether oxygens (including phenoxy) is 1. The van der Waals surface area contributed by atoms with Gasteiger partial charge in [0.15, 0.2) is 0 Å². The summed E-state index contributed by atoms with van der Waals surface area (Å²) in [5, 5.41) is 22.9. The minimum absolute atomic E-state index is 0.0331. The van der Waals surface area contributed by atoms with Crippen LogP contribution in [-0.4, -0.2) is 36.5 Å². The van der Waals surface area contributed by atoms with E-state index in [0.717, 1.165) is 18.6 Å². The lowest BCUT2D eigenvalue weighted by atomic mass is 10.3. The monoisotopic (exact) mass is 405 g/mol. The van der Waals surface area contributed by atoms with Gasteiger partial charge in [0, 0.05) is 5.69 Å². The predicted molar refractivity (Wildman–Crippen MR) is 111 cm³/mol. The number of benzene rings is 2. The summed E-state index contributed by atoms with van der Waals surface area (Å²) in [5.74, 6) is 0.830. The van der Waals surface area contributed by atoms with E-state index >= 15 is 0 Å². The summed E-state index contributed by atoms with van der Waals surface area (Å²) in [4.78, 5) is 19.5. The van der Waals surface area contributed by atoms with E-state index in [1.807, 2.05) is 6.07 Å². The van der Waals surface area contributed by atoms with Gasteiger partial charge in [0.1, 0.15) is 17.6 Å². The van der Waals surface area contributed by atoms with Crippen LogP contribution in [-0.2, 0) is 0 Å². The van der Waals surface area contributed by atoms with E-state index in [0.29, 0.717) is 23.3 Å². The van der Waals surface area contributed by atoms with Crippen LogP contribution in [0.1, 0.15) is 19.8 Å². The van der Waals surface area contributed by atoms with Crippen LogP contribution in [0.3, 0.4) is 0 Å². The van der Waals surface area contributed by atoms with Gasteiger partial charge in [-0.05, 0) is 42.8 Å². The number of nitro groups is 1. The molecule has 10 heteroatoms. The Labute approximate surface area is 171 Å². The topological polar surface area (TPSA) is 121 Å². The SMILES string of the molecule is CCCCOc1ccc(Nc2ncnc(-n3nnc4ccccc43)c2[N+](=O)[O-])cc1. The van der Waals surface area contributed by atoms with Gasteiger partial charge in [0.2, 0.25) is 11.6 Å². The van der Waals surface area contributed by atoms with Crippen molar-refractivity contribution in [2.75, 3.05) is 11.9 Å². The molecule has 10 nitrogen and oxygen atoms in total. The normalized spacial score (nSPS) is 10.8. The Morgan fingerprint density at radius 1 is 1.13 bits per heavy atom. The first-order chi connectivity index (χ1) is 14.7. The summed E-state index contributed by atoms with van der Waals surface area (Å²) in [6.07, 6.45) is 3.29. The minimum Gasteiger partial charge on any atom is -0.494 e. The summed E-state index contributed by atoms with van der Waals surface area (Å²) in [6.45, 7) is 2.75. The van der Waals surface area contributed by atoms with Crippen molar-refractivity contribution in [2.24, 2.45) is 0 Å². The van der Waals surface area contributed by atoms with E-state index in [-0.39, 0.29) is 17.3 Å². The molecule has 1 N–H and O–H groups in total. The van der Waals surface area contributed by atoms with Gasteiger partial charge in [-0.3, -0.25) is 10.1 Å². The minimum atomic E-state index is -0.531. The Balaban J connectivity index is 1.66. The number of fused-ring (bicyclic) bond motifs is 1. The average Bonchev–Trinajstić information content (AvgIpc) is 3.19. The van der Waals surface area contributed by atoms with Crippen LogP contribution in [0, 0.1) is 10.1 Å². The lowest BCUT2D eigenvalue weighted by Crippen LogP contribution is -2.09. The number of anilines is 2. The predicted octanol–water partition coefficient (Wildman–Crippen LogP) is 4.04. The van der Waals surface area contributed by atoms with Crippen LogP contribution in [0.15, 0.2) is 54.9 Å².